The summed E-state index contributed by atoms with van der Waals surface area (Å²) in [5, 5.41) is 0.602. The zero-order valence-electron chi connectivity index (χ0n) is 9.09. The summed E-state index contributed by atoms with van der Waals surface area (Å²) < 4.78 is 0. The lowest BCUT2D eigenvalue weighted by atomic mass is 9.70. The van der Waals surface area contributed by atoms with Crippen molar-refractivity contribution in [1.82, 2.24) is 4.98 Å². The maximum absolute atomic E-state index is 5.92. The van der Waals surface area contributed by atoms with E-state index in [4.69, 9.17) is 11.6 Å². The van der Waals surface area contributed by atoms with E-state index in [1.165, 1.54) is 18.4 Å². The van der Waals surface area contributed by atoms with E-state index in [9.17, 15) is 0 Å². The van der Waals surface area contributed by atoms with Crippen LogP contribution in [0, 0.1) is 0 Å². The molecule has 15 heavy (non-hydrogen) atoms. The van der Waals surface area contributed by atoms with Crippen molar-refractivity contribution in [3.63, 3.8) is 0 Å². The summed E-state index contributed by atoms with van der Waals surface area (Å²) in [4.78, 5) is 4.42. The van der Waals surface area contributed by atoms with Crippen LogP contribution in [-0.4, -0.2) is 4.98 Å². The van der Waals surface area contributed by atoms with E-state index in [2.05, 4.69) is 30.6 Å². The van der Waals surface area contributed by atoms with E-state index in [0.29, 0.717) is 5.15 Å². The van der Waals surface area contributed by atoms with Crippen LogP contribution in [0.3, 0.4) is 0 Å². The molecule has 1 aliphatic carbocycles. The summed E-state index contributed by atoms with van der Waals surface area (Å²) in [6.07, 6.45) is 6.59. The third kappa shape index (κ3) is 1.69. The largest absolute Gasteiger partial charge is 0.241 e. The number of allylic oxidation sites excluding steroid dienone is 1. The molecular formula is C13H16ClN. The highest BCUT2D eigenvalue weighted by atomic mass is 35.5. The molecule has 0 aromatic carbocycles. The Morgan fingerprint density at radius 1 is 1.60 bits per heavy atom. The van der Waals surface area contributed by atoms with Gasteiger partial charge in [-0.25, -0.2) is 4.98 Å². The van der Waals surface area contributed by atoms with E-state index in [0.717, 1.165) is 18.5 Å². The van der Waals surface area contributed by atoms with Gasteiger partial charge in [-0.05, 0) is 37.3 Å². The Bertz CT molecular complexity index is 386. The number of nitrogens with zero attached hydrogens (tertiary/aromatic N) is 1. The fourth-order valence-electron chi connectivity index (χ4n) is 2.55. The van der Waals surface area contributed by atoms with Gasteiger partial charge in [0.25, 0.3) is 0 Å². The topological polar surface area (TPSA) is 12.9 Å². The number of aryl methyl sites for hydroxylation is 1. The van der Waals surface area contributed by atoms with Gasteiger partial charge in [0.15, 0.2) is 0 Å². The summed E-state index contributed by atoms with van der Waals surface area (Å²) in [7, 11) is 0. The number of hydrogen-bond donors (Lipinski definition) is 0. The first-order valence-corrected chi connectivity index (χ1v) is 5.89. The molecule has 1 aromatic rings. The van der Waals surface area contributed by atoms with Gasteiger partial charge in [0.2, 0.25) is 0 Å². The fraction of sp³-hybridized carbons (Fsp3) is 0.462. The third-order valence-corrected chi connectivity index (χ3v) is 3.75. The molecule has 80 valence electrons. The predicted octanol–water partition coefficient (Wildman–Crippen LogP) is 3.91. The summed E-state index contributed by atoms with van der Waals surface area (Å²) in [5.74, 6) is 0. The molecule has 1 aromatic heterocycles. The Kier molecular flexibility index (Phi) is 2.83. The van der Waals surface area contributed by atoms with Gasteiger partial charge in [-0.2, -0.15) is 0 Å². The average molecular weight is 222 g/mol. The smallest absolute Gasteiger partial charge is 0.129 e. The highest BCUT2D eigenvalue weighted by Crippen LogP contribution is 2.40. The first-order valence-electron chi connectivity index (χ1n) is 5.51. The standard InChI is InChI=1S/C13H16ClN/c1-3-13(4-2)9-5-6-11-10(13)7-8-12(14)15-11/h3,7-8H,1,4-6,9H2,2H3. The number of halogens is 1. The van der Waals surface area contributed by atoms with E-state index in [1.807, 2.05) is 6.07 Å². The minimum atomic E-state index is 0.130. The molecule has 0 radical (unpaired) electrons. The van der Waals surface area contributed by atoms with Gasteiger partial charge in [-0.15, -0.1) is 6.58 Å². The Morgan fingerprint density at radius 3 is 3.07 bits per heavy atom. The maximum atomic E-state index is 5.92. The van der Waals surface area contributed by atoms with Crippen LogP contribution in [-0.2, 0) is 11.8 Å². The summed E-state index contributed by atoms with van der Waals surface area (Å²) in [5.41, 5.74) is 2.62. The molecule has 0 aliphatic heterocycles. The van der Waals surface area contributed by atoms with Crippen LogP contribution in [0.25, 0.3) is 0 Å². The number of pyridine rings is 1. The molecule has 2 rings (SSSR count). The molecule has 0 bridgehead atoms. The van der Waals surface area contributed by atoms with Crippen molar-refractivity contribution in [3.05, 3.63) is 41.2 Å². The lowest BCUT2D eigenvalue weighted by Crippen LogP contribution is -2.28. The fourth-order valence-corrected chi connectivity index (χ4v) is 2.71. The van der Waals surface area contributed by atoms with Crippen molar-refractivity contribution >= 4 is 11.6 Å². The molecule has 0 N–H and O–H groups in total. The average Bonchev–Trinajstić information content (AvgIpc) is 2.27. The molecule has 1 atom stereocenters. The van der Waals surface area contributed by atoms with E-state index in [-0.39, 0.29) is 5.41 Å². The quantitative estimate of drug-likeness (QED) is 0.545. The molecule has 2 heteroatoms. The van der Waals surface area contributed by atoms with E-state index >= 15 is 0 Å². The van der Waals surface area contributed by atoms with Crippen LogP contribution in [0.5, 0.6) is 0 Å². The van der Waals surface area contributed by atoms with Gasteiger partial charge < -0.3 is 0 Å². The van der Waals surface area contributed by atoms with Gasteiger partial charge in [0.05, 0.1) is 0 Å². The predicted molar refractivity (Wildman–Crippen MR) is 64.4 cm³/mol. The molecular weight excluding hydrogens is 206 g/mol. The minimum Gasteiger partial charge on any atom is -0.241 e. The van der Waals surface area contributed by atoms with Crippen LogP contribution in [0.4, 0.5) is 0 Å². The molecule has 1 heterocycles. The lowest BCUT2D eigenvalue weighted by Gasteiger charge is -2.35. The van der Waals surface area contributed by atoms with Crippen molar-refractivity contribution in [2.45, 2.75) is 38.0 Å². The number of fused-ring (bicyclic) bond motifs is 1. The third-order valence-electron chi connectivity index (χ3n) is 3.53. The molecule has 1 nitrogen and oxygen atoms in total. The Morgan fingerprint density at radius 2 is 2.40 bits per heavy atom. The second kappa shape index (κ2) is 3.97. The molecule has 0 fully saturated rings. The highest BCUT2D eigenvalue weighted by Gasteiger charge is 2.32. The van der Waals surface area contributed by atoms with Crippen LogP contribution in [0.1, 0.15) is 37.4 Å². The van der Waals surface area contributed by atoms with Gasteiger partial charge >= 0.3 is 0 Å². The molecule has 0 saturated heterocycles. The van der Waals surface area contributed by atoms with Gasteiger partial charge in [-0.1, -0.05) is 30.7 Å². The van der Waals surface area contributed by atoms with Crippen molar-refractivity contribution in [2.75, 3.05) is 0 Å². The summed E-state index contributed by atoms with van der Waals surface area (Å²) in [6, 6.07) is 4.01. The van der Waals surface area contributed by atoms with Crippen molar-refractivity contribution in [3.8, 4) is 0 Å². The Labute approximate surface area is 96.2 Å². The van der Waals surface area contributed by atoms with Gasteiger partial charge in [0.1, 0.15) is 5.15 Å². The highest BCUT2D eigenvalue weighted by molar-refractivity contribution is 6.29. The van der Waals surface area contributed by atoms with E-state index < -0.39 is 0 Å². The summed E-state index contributed by atoms with van der Waals surface area (Å²) >= 11 is 5.92. The van der Waals surface area contributed by atoms with Gasteiger partial charge in [0, 0.05) is 11.1 Å². The molecule has 0 saturated carbocycles. The first-order chi connectivity index (χ1) is 7.22. The van der Waals surface area contributed by atoms with Crippen LogP contribution >= 0.6 is 11.6 Å². The summed E-state index contributed by atoms with van der Waals surface area (Å²) in [6.45, 7) is 6.20. The first kappa shape index (κ1) is 10.7. The van der Waals surface area contributed by atoms with Crippen LogP contribution in [0.2, 0.25) is 5.15 Å². The normalized spacial score (nSPS) is 24.7. The number of aromatic nitrogens is 1. The van der Waals surface area contributed by atoms with Crippen LogP contribution in [0.15, 0.2) is 24.8 Å². The van der Waals surface area contributed by atoms with Gasteiger partial charge in [-0.3, -0.25) is 0 Å². The lowest BCUT2D eigenvalue weighted by molar-refractivity contribution is 0.424. The zero-order valence-corrected chi connectivity index (χ0v) is 9.85. The second-order valence-electron chi connectivity index (χ2n) is 4.20. The monoisotopic (exact) mass is 221 g/mol. The Balaban J connectivity index is 2.55. The molecule has 0 spiro atoms. The molecule has 1 aliphatic rings. The SMILES string of the molecule is C=CC1(CC)CCCc2nc(Cl)ccc21. The Hall–Kier alpha value is -0.820. The maximum Gasteiger partial charge on any atom is 0.129 e. The number of hydrogen-bond acceptors (Lipinski definition) is 1. The van der Waals surface area contributed by atoms with Crippen molar-refractivity contribution < 1.29 is 0 Å². The zero-order chi connectivity index (χ0) is 10.9. The van der Waals surface area contributed by atoms with Crippen molar-refractivity contribution in [1.29, 1.82) is 0 Å². The van der Waals surface area contributed by atoms with Crippen molar-refractivity contribution in [2.24, 2.45) is 0 Å². The molecule has 1 unspecified atom stereocenters. The molecule has 0 amide bonds. The van der Waals surface area contributed by atoms with Crippen LogP contribution < -0.4 is 0 Å². The number of rotatable bonds is 2. The minimum absolute atomic E-state index is 0.130. The van der Waals surface area contributed by atoms with E-state index in [1.54, 1.807) is 0 Å². The second-order valence-corrected chi connectivity index (χ2v) is 4.58.